The van der Waals surface area contributed by atoms with Gasteiger partial charge in [-0.1, -0.05) is 26.0 Å². The zero-order valence-corrected chi connectivity index (χ0v) is 9.21. The van der Waals surface area contributed by atoms with E-state index in [1.165, 1.54) is 0 Å². The summed E-state index contributed by atoms with van der Waals surface area (Å²) in [5.74, 6) is 0. The van der Waals surface area contributed by atoms with Crippen LogP contribution in [0.1, 0.15) is 25.8 Å². The van der Waals surface area contributed by atoms with Crippen LogP contribution in [0.4, 0.5) is 10.5 Å². The fourth-order valence-electron chi connectivity index (χ4n) is 1.21. The molecule has 0 aliphatic rings. The van der Waals surface area contributed by atoms with E-state index in [4.69, 9.17) is 0 Å². The summed E-state index contributed by atoms with van der Waals surface area (Å²) in [6.45, 7) is 4.69. The molecule has 0 aliphatic heterocycles. The van der Waals surface area contributed by atoms with Gasteiger partial charge in [-0.25, -0.2) is 4.79 Å². The molecule has 3 nitrogen and oxygen atoms in total. The maximum absolute atomic E-state index is 11.3. The maximum atomic E-state index is 11.3. The molecule has 1 radical (unpaired) electrons. The van der Waals surface area contributed by atoms with E-state index in [0.717, 1.165) is 17.7 Å². The Morgan fingerprint density at radius 1 is 1.47 bits per heavy atom. The standard InChI is InChI=1S/C12H17N2O/c1-3-8-13-12(15)14-11-7-5-6-10(4-2)9-11/h4-7,9H,3,8H2,1-2H3,(H2,13,14,15). The fraction of sp³-hybridized carbons (Fsp3) is 0.333. The van der Waals surface area contributed by atoms with Crippen LogP contribution in [0.5, 0.6) is 0 Å². The minimum atomic E-state index is -0.148. The number of anilines is 1. The van der Waals surface area contributed by atoms with E-state index in [-0.39, 0.29) is 6.03 Å². The summed E-state index contributed by atoms with van der Waals surface area (Å²) in [6.07, 6.45) is 2.94. The Labute approximate surface area is 90.9 Å². The largest absolute Gasteiger partial charge is 0.338 e. The van der Waals surface area contributed by atoms with E-state index in [2.05, 4.69) is 10.6 Å². The van der Waals surface area contributed by atoms with E-state index in [0.29, 0.717) is 6.54 Å². The van der Waals surface area contributed by atoms with E-state index in [9.17, 15) is 4.79 Å². The molecule has 0 fully saturated rings. The zero-order chi connectivity index (χ0) is 11.1. The van der Waals surface area contributed by atoms with Gasteiger partial charge in [0.05, 0.1) is 0 Å². The number of benzene rings is 1. The molecule has 2 amide bonds. The lowest BCUT2D eigenvalue weighted by atomic mass is 10.1. The van der Waals surface area contributed by atoms with E-state index in [1.807, 2.05) is 44.5 Å². The Hall–Kier alpha value is -1.51. The average molecular weight is 205 g/mol. The lowest BCUT2D eigenvalue weighted by molar-refractivity contribution is 0.252. The monoisotopic (exact) mass is 205 g/mol. The SMILES string of the molecule is C[CH]c1cccc(NC(=O)NCCC)c1. The first-order valence-electron chi connectivity index (χ1n) is 5.20. The van der Waals surface area contributed by atoms with Crippen LogP contribution in [0.3, 0.4) is 0 Å². The summed E-state index contributed by atoms with van der Waals surface area (Å²) >= 11 is 0. The molecular weight excluding hydrogens is 188 g/mol. The topological polar surface area (TPSA) is 41.1 Å². The van der Waals surface area contributed by atoms with Crippen LogP contribution in [0.25, 0.3) is 0 Å². The number of rotatable bonds is 4. The van der Waals surface area contributed by atoms with Crippen LogP contribution in [0, 0.1) is 6.42 Å². The fourth-order valence-corrected chi connectivity index (χ4v) is 1.21. The number of hydrogen-bond acceptors (Lipinski definition) is 1. The number of carbonyl (C=O) groups is 1. The van der Waals surface area contributed by atoms with Crippen molar-refractivity contribution in [3.8, 4) is 0 Å². The van der Waals surface area contributed by atoms with Gasteiger partial charge in [0.25, 0.3) is 0 Å². The van der Waals surface area contributed by atoms with Crippen molar-refractivity contribution in [1.29, 1.82) is 0 Å². The molecule has 0 saturated carbocycles. The summed E-state index contributed by atoms with van der Waals surface area (Å²) in [7, 11) is 0. The molecule has 15 heavy (non-hydrogen) atoms. The minimum Gasteiger partial charge on any atom is -0.338 e. The number of amides is 2. The van der Waals surface area contributed by atoms with Gasteiger partial charge in [0, 0.05) is 12.2 Å². The maximum Gasteiger partial charge on any atom is 0.319 e. The Morgan fingerprint density at radius 2 is 2.27 bits per heavy atom. The molecule has 81 valence electrons. The first kappa shape index (κ1) is 11.6. The van der Waals surface area contributed by atoms with E-state index in [1.54, 1.807) is 0 Å². The number of urea groups is 1. The van der Waals surface area contributed by atoms with E-state index >= 15 is 0 Å². The highest BCUT2D eigenvalue weighted by atomic mass is 16.2. The van der Waals surface area contributed by atoms with Crippen LogP contribution in [0.2, 0.25) is 0 Å². The van der Waals surface area contributed by atoms with Gasteiger partial charge in [-0.2, -0.15) is 0 Å². The molecule has 0 saturated heterocycles. The molecule has 1 aromatic carbocycles. The molecule has 1 aromatic rings. The second-order valence-corrected chi connectivity index (χ2v) is 3.30. The van der Waals surface area contributed by atoms with Crippen molar-refractivity contribution in [2.75, 3.05) is 11.9 Å². The minimum absolute atomic E-state index is 0.148. The Kier molecular flexibility index (Phi) is 4.68. The van der Waals surface area contributed by atoms with Gasteiger partial charge in [0.1, 0.15) is 0 Å². The van der Waals surface area contributed by atoms with Crippen molar-refractivity contribution in [3.63, 3.8) is 0 Å². The van der Waals surface area contributed by atoms with Crippen molar-refractivity contribution < 1.29 is 4.79 Å². The third kappa shape index (κ3) is 4.02. The van der Waals surface area contributed by atoms with Crippen molar-refractivity contribution in [1.82, 2.24) is 5.32 Å². The summed E-state index contributed by atoms with van der Waals surface area (Å²) in [4.78, 5) is 11.3. The third-order valence-electron chi connectivity index (χ3n) is 2.01. The highest BCUT2D eigenvalue weighted by molar-refractivity contribution is 5.89. The lowest BCUT2D eigenvalue weighted by Gasteiger charge is -2.07. The smallest absolute Gasteiger partial charge is 0.319 e. The molecule has 3 heteroatoms. The van der Waals surface area contributed by atoms with Gasteiger partial charge in [-0.05, 0) is 30.5 Å². The molecule has 0 bridgehead atoms. The Morgan fingerprint density at radius 3 is 2.93 bits per heavy atom. The van der Waals surface area contributed by atoms with Gasteiger partial charge < -0.3 is 10.6 Å². The summed E-state index contributed by atoms with van der Waals surface area (Å²) in [5.41, 5.74) is 1.92. The van der Waals surface area contributed by atoms with Gasteiger partial charge in [0.15, 0.2) is 0 Å². The normalized spacial score (nSPS) is 9.73. The molecule has 0 heterocycles. The van der Waals surface area contributed by atoms with Crippen molar-refractivity contribution >= 4 is 11.7 Å². The predicted octanol–water partition coefficient (Wildman–Crippen LogP) is 2.79. The Bertz CT molecular complexity index is 323. The quantitative estimate of drug-likeness (QED) is 0.779. The molecule has 0 spiro atoms. The molecule has 0 aromatic heterocycles. The predicted molar refractivity (Wildman–Crippen MR) is 62.8 cm³/mol. The number of nitrogens with one attached hydrogen (secondary N) is 2. The van der Waals surface area contributed by atoms with Gasteiger partial charge >= 0.3 is 6.03 Å². The zero-order valence-electron chi connectivity index (χ0n) is 9.21. The molecular formula is C12H17N2O. The molecule has 1 rings (SSSR count). The van der Waals surface area contributed by atoms with Crippen molar-refractivity contribution in [2.24, 2.45) is 0 Å². The molecule has 2 N–H and O–H groups in total. The molecule has 0 unspecified atom stereocenters. The number of carbonyl (C=O) groups excluding carboxylic acids is 1. The highest BCUT2D eigenvalue weighted by Gasteiger charge is 2.00. The molecule has 0 atom stereocenters. The van der Waals surface area contributed by atoms with Crippen LogP contribution < -0.4 is 10.6 Å². The first-order valence-corrected chi connectivity index (χ1v) is 5.20. The highest BCUT2D eigenvalue weighted by Crippen LogP contribution is 2.11. The summed E-state index contributed by atoms with van der Waals surface area (Å²) < 4.78 is 0. The van der Waals surface area contributed by atoms with Gasteiger partial charge in [-0.15, -0.1) is 0 Å². The Balaban J connectivity index is 2.52. The van der Waals surface area contributed by atoms with Crippen LogP contribution in [-0.2, 0) is 0 Å². The van der Waals surface area contributed by atoms with Crippen LogP contribution in [0.15, 0.2) is 24.3 Å². The van der Waals surface area contributed by atoms with Crippen LogP contribution >= 0.6 is 0 Å². The third-order valence-corrected chi connectivity index (χ3v) is 2.01. The number of hydrogen-bond donors (Lipinski definition) is 2. The molecule has 0 aliphatic carbocycles. The average Bonchev–Trinajstić information content (AvgIpc) is 2.26. The van der Waals surface area contributed by atoms with E-state index < -0.39 is 0 Å². The lowest BCUT2D eigenvalue weighted by Crippen LogP contribution is -2.29. The van der Waals surface area contributed by atoms with Gasteiger partial charge in [-0.3, -0.25) is 0 Å². The van der Waals surface area contributed by atoms with Crippen molar-refractivity contribution in [2.45, 2.75) is 20.3 Å². The van der Waals surface area contributed by atoms with Crippen LogP contribution in [-0.4, -0.2) is 12.6 Å². The summed E-state index contributed by atoms with van der Waals surface area (Å²) in [6, 6.07) is 7.58. The summed E-state index contributed by atoms with van der Waals surface area (Å²) in [5, 5.41) is 5.54. The van der Waals surface area contributed by atoms with Crippen molar-refractivity contribution in [3.05, 3.63) is 36.2 Å². The first-order chi connectivity index (χ1) is 7.26. The van der Waals surface area contributed by atoms with Gasteiger partial charge in [0.2, 0.25) is 0 Å². The second-order valence-electron chi connectivity index (χ2n) is 3.30. The second kappa shape index (κ2) is 6.06.